The summed E-state index contributed by atoms with van der Waals surface area (Å²) in [6.07, 6.45) is -0.747. The van der Waals surface area contributed by atoms with Gasteiger partial charge in [-0.1, -0.05) is 48.5 Å². The fourth-order valence-electron chi connectivity index (χ4n) is 2.81. The quantitative estimate of drug-likeness (QED) is 0.731. The molecule has 25 heavy (non-hydrogen) atoms. The number of carboxylic acid groups (broad SMARTS) is 1. The third-order valence-electron chi connectivity index (χ3n) is 4.08. The SMILES string of the molecule is COCc1ccc(CC(O)C(C(=O)O)c2ccc(COC)cc2)cc1. The minimum Gasteiger partial charge on any atom is -0.481 e. The van der Waals surface area contributed by atoms with Crippen molar-refractivity contribution in [2.75, 3.05) is 14.2 Å². The van der Waals surface area contributed by atoms with Crippen molar-refractivity contribution in [2.24, 2.45) is 0 Å². The molecule has 0 radical (unpaired) electrons. The van der Waals surface area contributed by atoms with Crippen LogP contribution in [0.1, 0.15) is 28.2 Å². The summed E-state index contributed by atoms with van der Waals surface area (Å²) in [6, 6.07) is 14.7. The van der Waals surface area contributed by atoms with E-state index in [0.717, 1.165) is 16.7 Å². The average molecular weight is 344 g/mol. The monoisotopic (exact) mass is 344 g/mol. The van der Waals surface area contributed by atoms with E-state index in [9.17, 15) is 15.0 Å². The van der Waals surface area contributed by atoms with Gasteiger partial charge in [-0.2, -0.15) is 0 Å². The van der Waals surface area contributed by atoms with Gasteiger partial charge in [-0.3, -0.25) is 4.79 Å². The number of aliphatic hydroxyl groups is 1. The number of methoxy groups -OCH3 is 2. The van der Waals surface area contributed by atoms with E-state index < -0.39 is 18.0 Å². The lowest BCUT2D eigenvalue weighted by atomic mass is 9.89. The highest BCUT2D eigenvalue weighted by Gasteiger charge is 2.28. The first-order valence-corrected chi connectivity index (χ1v) is 8.10. The second-order valence-electron chi connectivity index (χ2n) is 6.01. The Hall–Kier alpha value is -2.21. The Morgan fingerprint density at radius 1 is 0.880 bits per heavy atom. The summed E-state index contributed by atoms with van der Waals surface area (Å²) < 4.78 is 10.1. The van der Waals surface area contributed by atoms with Gasteiger partial charge in [-0.25, -0.2) is 0 Å². The number of carboxylic acids is 1. The van der Waals surface area contributed by atoms with Gasteiger partial charge in [0.1, 0.15) is 5.92 Å². The summed E-state index contributed by atoms with van der Waals surface area (Å²) in [5.74, 6) is -2.02. The lowest BCUT2D eigenvalue weighted by molar-refractivity contribution is -0.141. The highest BCUT2D eigenvalue weighted by molar-refractivity contribution is 5.77. The van der Waals surface area contributed by atoms with Crippen molar-refractivity contribution in [3.05, 3.63) is 70.8 Å². The molecule has 0 amide bonds. The average Bonchev–Trinajstić information content (AvgIpc) is 2.58. The van der Waals surface area contributed by atoms with Gasteiger partial charge in [-0.05, 0) is 28.7 Å². The van der Waals surface area contributed by atoms with E-state index in [1.54, 1.807) is 26.4 Å². The normalized spacial score (nSPS) is 13.4. The molecule has 2 rings (SSSR count). The molecular formula is C20H24O5. The van der Waals surface area contributed by atoms with Crippen LogP contribution in [0.15, 0.2) is 48.5 Å². The van der Waals surface area contributed by atoms with Crippen LogP contribution >= 0.6 is 0 Å². The maximum atomic E-state index is 11.7. The van der Waals surface area contributed by atoms with Crippen LogP contribution < -0.4 is 0 Å². The van der Waals surface area contributed by atoms with Crippen LogP contribution in [0, 0.1) is 0 Å². The van der Waals surface area contributed by atoms with Crippen LogP contribution in [0.2, 0.25) is 0 Å². The van der Waals surface area contributed by atoms with Gasteiger partial charge >= 0.3 is 5.97 Å². The van der Waals surface area contributed by atoms with E-state index in [4.69, 9.17) is 9.47 Å². The number of rotatable bonds is 9. The number of carbonyl (C=O) groups is 1. The Kier molecular flexibility index (Phi) is 7.13. The fraction of sp³-hybridized carbons (Fsp3) is 0.350. The number of aliphatic carboxylic acids is 1. The van der Waals surface area contributed by atoms with Crippen LogP contribution in [-0.4, -0.2) is 36.5 Å². The summed E-state index contributed by atoms with van der Waals surface area (Å²) in [5, 5.41) is 20.1. The van der Waals surface area contributed by atoms with Crippen molar-refractivity contribution >= 4 is 5.97 Å². The smallest absolute Gasteiger partial charge is 0.313 e. The summed E-state index contributed by atoms with van der Waals surface area (Å²) in [4.78, 5) is 11.7. The maximum absolute atomic E-state index is 11.7. The molecule has 0 saturated heterocycles. The third-order valence-corrected chi connectivity index (χ3v) is 4.08. The van der Waals surface area contributed by atoms with E-state index in [1.807, 2.05) is 36.4 Å². The molecule has 0 bridgehead atoms. The minimum absolute atomic E-state index is 0.268. The molecule has 5 nitrogen and oxygen atoms in total. The number of ether oxygens (including phenoxy) is 2. The molecule has 134 valence electrons. The molecule has 0 aliphatic carbocycles. The molecule has 2 unspecified atom stereocenters. The van der Waals surface area contributed by atoms with Crippen LogP contribution in [0.3, 0.4) is 0 Å². The van der Waals surface area contributed by atoms with Crippen molar-refractivity contribution < 1.29 is 24.5 Å². The van der Waals surface area contributed by atoms with Gasteiger partial charge < -0.3 is 19.7 Å². The summed E-state index contributed by atoms with van der Waals surface area (Å²) in [6.45, 7) is 0.989. The van der Waals surface area contributed by atoms with Gasteiger partial charge in [0.25, 0.3) is 0 Å². The highest BCUT2D eigenvalue weighted by Crippen LogP contribution is 2.24. The van der Waals surface area contributed by atoms with E-state index in [-0.39, 0.29) is 6.42 Å². The molecule has 0 aliphatic rings. The van der Waals surface area contributed by atoms with Crippen LogP contribution in [0.4, 0.5) is 0 Å². The molecule has 2 N–H and O–H groups in total. The standard InChI is InChI=1S/C20H24O5/c1-24-12-15-5-3-14(4-6-15)11-18(21)19(20(22)23)17-9-7-16(8-10-17)13-25-2/h3-10,18-19,21H,11-13H2,1-2H3,(H,22,23). The van der Waals surface area contributed by atoms with E-state index in [2.05, 4.69) is 0 Å². The largest absolute Gasteiger partial charge is 0.481 e. The highest BCUT2D eigenvalue weighted by atomic mass is 16.5. The predicted octanol–water partition coefficient (Wildman–Crippen LogP) is 2.75. The second kappa shape index (κ2) is 9.32. The molecule has 5 heteroatoms. The zero-order valence-electron chi connectivity index (χ0n) is 14.5. The maximum Gasteiger partial charge on any atom is 0.313 e. The van der Waals surface area contributed by atoms with Gasteiger partial charge in [0.15, 0.2) is 0 Å². The van der Waals surface area contributed by atoms with Gasteiger partial charge in [0.05, 0.1) is 19.3 Å². The first-order valence-electron chi connectivity index (χ1n) is 8.10. The molecule has 2 aromatic carbocycles. The van der Waals surface area contributed by atoms with Crippen molar-refractivity contribution in [2.45, 2.75) is 31.7 Å². The van der Waals surface area contributed by atoms with Gasteiger partial charge in [0.2, 0.25) is 0 Å². The lowest BCUT2D eigenvalue weighted by Gasteiger charge is -2.20. The van der Waals surface area contributed by atoms with Crippen LogP contribution in [0.5, 0.6) is 0 Å². The van der Waals surface area contributed by atoms with Crippen molar-refractivity contribution in [1.29, 1.82) is 0 Å². The molecular weight excluding hydrogens is 320 g/mol. The topological polar surface area (TPSA) is 76.0 Å². The van der Waals surface area contributed by atoms with E-state index in [0.29, 0.717) is 18.8 Å². The van der Waals surface area contributed by atoms with E-state index in [1.165, 1.54) is 0 Å². The van der Waals surface area contributed by atoms with Crippen molar-refractivity contribution in [3.63, 3.8) is 0 Å². The minimum atomic E-state index is -1.04. The molecule has 2 atom stereocenters. The third kappa shape index (κ3) is 5.39. The first kappa shape index (κ1) is 19.1. The van der Waals surface area contributed by atoms with Gasteiger partial charge in [-0.15, -0.1) is 0 Å². The number of hydrogen-bond donors (Lipinski definition) is 2. The molecule has 0 saturated carbocycles. The predicted molar refractivity (Wildman–Crippen MR) is 94.4 cm³/mol. The summed E-state index contributed by atoms with van der Waals surface area (Å²) >= 11 is 0. The summed E-state index contributed by atoms with van der Waals surface area (Å²) in [7, 11) is 3.24. The van der Waals surface area contributed by atoms with Crippen molar-refractivity contribution in [3.8, 4) is 0 Å². The first-order chi connectivity index (χ1) is 12.0. The summed E-state index contributed by atoms with van der Waals surface area (Å²) in [5.41, 5.74) is 3.45. The van der Waals surface area contributed by atoms with Crippen molar-refractivity contribution in [1.82, 2.24) is 0 Å². The zero-order chi connectivity index (χ0) is 18.2. The van der Waals surface area contributed by atoms with E-state index >= 15 is 0 Å². The molecule has 2 aromatic rings. The second-order valence-corrected chi connectivity index (χ2v) is 6.01. The Labute approximate surface area is 147 Å². The zero-order valence-corrected chi connectivity index (χ0v) is 14.5. The molecule has 0 heterocycles. The Balaban J connectivity index is 2.11. The number of aliphatic hydroxyl groups excluding tert-OH is 1. The Morgan fingerprint density at radius 2 is 1.32 bits per heavy atom. The number of benzene rings is 2. The van der Waals surface area contributed by atoms with Crippen LogP contribution in [0.25, 0.3) is 0 Å². The molecule has 0 fully saturated rings. The van der Waals surface area contributed by atoms with Crippen LogP contribution in [-0.2, 0) is 33.9 Å². The molecule has 0 aliphatic heterocycles. The lowest BCUT2D eigenvalue weighted by Crippen LogP contribution is -2.28. The number of hydrogen-bond acceptors (Lipinski definition) is 4. The molecule has 0 aromatic heterocycles. The fourth-order valence-corrected chi connectivity index (χ4v) is 2.81. The molecule has 0 spiro atoms. The Bertz CT molecular complexity index is 663. The Morgan fingerprint density at radius 3 is 1.76 bits per heavy atom. The van der Waals surface area contributed by atoms with Gasteiger partial charge in [0, 0.05) is 14.2 Å².